The summed E-state index contributed by atoms with van der Waals surface area (Å²) in [4.78, 5) is 2.51. The van der Waals surface area contributed by atoms with Gasteiger partial charge in [0.05, 0.1) is 27.9 Å². The molecule has 0 spiro atoms. The van der Waals surface area contributed by atoms with Crippen LogP contribution < -0.4 is 4.90 Å². The van der Waals surface area contributed by atoms with Gasteiger partial charge >= 0.3 is 0 Å². The number of rotatable bonds is 5. The van der Waals surface area contributed by atoms with Crippen LogP contribution in [0, 0.1) is 0 Å². The molecule has 2 heterocycles. The van der Waals surface area contributed by atoms with E-state index in [0.717, 1.165) is 22.6 Å². The standard InChI is InChI=1S/C50H32N2/c1-32-38-19-8-9-20-39(38)41-23-14-26-46(48(32)41)51(37-30-35(33-15-4-2-5-16-33)29-36(31-37)34-17-6-3-7-18-34)47-28-27-42-40-21-10-12-24-44(40)52-45-25-13-11-22-43(45)49(47)50(42)52/h2-31H,1H2. The van der Waals surface area contributed by atoms with Crippen molar-refractivity contribution in [2.45, 2.75) is 0 Å². The molecule has 11 rings (SSSR count). The highest BCUT2D eigenvalue weighted by atomic mass is 15.2. The molecule has 2 aromatic heterocycles. The lowest BCUT2D eigenvalue weighted by atomic mass is 9.95. The number of hydrogen-bond acceptors (Lipinski definition) is 1. The number of benzene rings is 8. The van der Waals surface area contributed by atoms with Gasteiger partial charge in [-0.15, -0.1) is 0 Å². The molecular weight excluding hydrogens is 629 g/mol. The molecule has 0 unspecified atom stereocenters. The summed E-state index contributed by atoms with van der Waals surface area (Å²) in [7, 11) is 0. The first-order valence-electron chi connectivity index (χ1n) is 17.9. The molecule has 0 N–H and O–H groups in total. The molecule has 0 bridgehead atoms. The van der Waals surface area contributed by atoms with Crippen LogP contribution in [0.4, 0.5) is 17.1 Å². The molecule has 0 atom stereocenters. The molecule has 2 heteroatoms. The predicted octanol–water partition coefficient (Wildman–Crippen LogP) is 13.7. The average Bonchev–Trinajstić information content (AvgIpc) is 3.84. The van der Waals surface area contributed by atoms with Crippen molar-refractivity contribution in [2.75, 3.05) is 4.90 Å². The number of nitrogens with zero attached hydrogens (tertiary/aromatic N) is 2. The maximum Gasteiger partial charge on any atom is 0.0641 e. The fourth-order valence-corrected chi connectivity index (χ4v) is 8.76. The lowest BCUT2D eigenvalue weighted by Crippen LogP contribution is -2.13. The fourth-order valence-electron chi connectivity index (χ4n) is 8.76. The maximum atomic E-state index is 4.73. The van der Waals surface area contributed by atoms with Gasteiger partial charge < -0.3 is 9.30 Å². The third-order valence-corrected chi connectivity index (χ3v) is 11.0. The van der Waals surface area contributed by atoms with Crippen molar-refractivity contribution in [1.29, 1.82) is 0 Å². The van der Waals surface area contributed by atoms with Crippen molar-refractivity contribution in [3.63, 3.8) is 0 Å². The highest BCUT2D eigenvalue weighted by molar-refractivity contribution is 6.27. The van der Waals surface area contributed by atoms with Crippen molar-refractivity contribution in [3.8, 4) is 33.4 Å². The van der Waals surface area contributed by atoms with Crippen molar-refractivity contribution < 1.29 is 0 Å². The first-order valence-corrected chi connectivity index (χ1v) is 17.9. The molecule has 0 saturated heterocycles. The van der Waals surface area contributed by atoms with Gasteiger partial charge in [-0.1, -0.05) is 146 Å². The Morgan fingerprint density at radius 3 is 1.69 bits per heavy atom. The molecule has 242 valence electrons. The van der Waals surface area contributed by atoms with Crippen molar-refractivity contribution in [3.05, 3.63) is 200 Å². The molecule has 2 nitrogen and oxygen atoms in total. The summed E-state index contributed by atoms with van der Waals surface area (Å²) in [6.07, 6.45) is 0. The summed E-state index contributed by atoms with van der Waals surface area (Å²) in [6, 6.07) is 66.3. The van der Waals surface area contributed by atoms with Crippen molar-refractivity contribution in [2.24, 2.45) is 0 Å². The number of anilines is 3. The fraction of sp³-hybridized carbons (Fsp3) is 0. The first-order chi connectivity index (χ1) is 25.7. The Kier molecular flexibility index (Phi) is 6.14. The van der Waals surface area contributed by atoms with E-state index in [1.54, 1.807) is 0 Å². The summed E-state index contributed by atoms with van der Waals surface area (Å²) < 4.78 is 2.47. The van der Waals surface area contributed by atoms with Crippen LogP contribution in [0.3, 0.4) is 0 Å². The average molecular weight is 661 g/mol. The molecule has 0 radical (unpaired) electrons. The van der Waals surface area contributed by atoms with E-state index in [-0.39, 0.29) is 0 Å². The molecule has 8 aromatic carbocycles. The van der Waals surface area contributed by atoms with Gasteiger partial charge in [-0.2, -0.15) is 0 Å². The minimum absolute atomic E-state index is 1.06. The minimum Gasteiger partial charge on any atom is -0.309 e. The van der Waals surface area contributed by atoms with E-state index in [2.05, 4.69) is 191 Å². The Hall–Kier alpha value is -6.90. The molecule has 0 amide bonds. The molecule has 0 aliphatic heterocycles. The minimum atomic E-state index is 1.06. The highest BCUT2D eigenvalue weighted by Crippen LogP contribution is 2.53. The van der Waals surface area contributed by atoms with Crippen LogP contribution in [0.1, 0.15) is 11.1 Å². The molecule has 52 heavy (non-hydrogen) atoms. The van der Waals surface area contributed by atoms with Crippen LogP contribution in [0.25, 0.3) is 77.0 Å². The van der Waals surface area contributed by atoms with Gasteiger partial charge in [-0.25, -0.2) is 0 Å². The van der Waals surface area contributed by atoms with Gasteiger partial charge in [0.2, 0.25) is 0 Å². The predicted molar refractivity (Wildman–Crippen MR) is 220 cm³/mol. The van der Waals surface area contributed by atoms with Gasteiger partial charge in [0.15, 0.2) is 0 Å². The molecule has 0 fully saturated rings. The Morgan fingerprint density at radius 2 is 0.981 bits per heavy atom. The normalized spacial score (nSPS) is 12.3. The van der Waals surface area contributed by atoms with Gasteiger partial charge in [-0.05, 0) is 87.0 Å². The molecular formula is C50H32N2. The Balaban J connectivity index is 1.29. The second-order valence-corrected chi connectivity index (χ2v) is 13.8. The summed E-state index contributed by atoms with van der Waals surface area (Å²) in [5.41, 5.74) is 17.6. The zero-order valence-electron chi connectivity index (χ0n) is 28.4. The van der Waals surface area contributed by atoms with Crippen molar-refractivity contribution >= 4 is 60.7 Å². The first kappa shape index (κ1) is 28.9. The van der Waals surface area contributed by atoms with E-state index < -0.39 is 0 Å². The van der Waals surface area contributed by atoms with Gasteiger partial charge in [0.1, 0.15) is 0 Å². The summed E-state index contributed by atoms with van der Waals surface area (Å²) in [5, 5.41) is 5.03. The Labute approximate surface area is 302 Å². The van der Waals surface area contributed by atoms with E-state index in [9.17, 15) is 0 Å². The van der Waals surface area contributed by atoms with Gasteiger partial charge in [0.25, 0.3) is 0 Å². The van der Waals surface area contributed by atoms with Crippen molar-refractivity contribution in [1.82, 2.24) is 4.40 Å². The van der Waals surface area contributed by atoms with E-state index in [1.807, 2.05) is 0 Å². The zero-order valence-corrected chi connectivity index (χ0v) is 28.4. The molecule has 1 aliphatic rings. The van der Waals surface area contributed by atoms with Gasteiger partial charge in [-0.3, -0.25) is 0 Å². The van der Waals surface area contributed by atoms with E-state index in [0.29, 0.717) is 0 Å². The van der Waals surface area contributed by atoms with Crippen LogP contribution >= 0.6 is 0 Å². The monoisotopic (exact) mass is 660 g/mol. The van der Waals surface area contributed by atoms with Crippen LogP contribution in [-0.2, 0) is 0 Å². The second kappa shape index (κ2) is 11.1. The Morgan fingerprint density at radius 1 is 0.404 bits per heavy atom. The summed E-state index contributed by atoms with van der Waals surface area (Å²) >= 11 is 0. The summed E-state index contributed by atoms with van der Waals surface area (Å²) in [5.74, 6) is 0. The van der Waals surface area contributed by atoms with E-state index in [1.165, 1.54) is 82.6 Å². The quantitative estimate of drug-likeness (QED) is 0.178. The third kappa shape index (κ3) is 4.06. The molecule has 1 aliphatic carbocycles. The molecule has 0 saturated carbocycles. The lowest BCUT2D eigenvalue weighted by molar-refractivity contribution is 1.29. The Bertz CT molecular complexity index is 2970. The second-order valence-electron chi connectivity index (χ2n) is 13.8. The highest BCUT2D eigenvalue weighted by Gasteiger charge is 2.30. The number of para-hydroxylation sites is 2. The number of hydrogen-bond donors (Lipinski definition) is 0. The van der Waals surface area contributed by atoms with Crippen LogP contribution in [0.15, 0.2) is 189 Å². The lowest BCUT2D eigenvalue weighted by Gasteiger charge is -2.30. The largest absolute Gasteiger partial charge is 0.309 e. The number of aromatic nitrogens is 1. The zero-order chi connectivity index (χ0) is 34.3. The maximum absolute atomic E-state index is 4.73. The third-order valence-electron chi connectivity index (χ3n) is 11.0. The van der Waals surface area contributed by atoms with Crippen LogP contribution in [0.5, 0.6) is 0 Å². The van der Waals surface area contributed by atoms with Crippen LogP contribution in [-0.4, -0.2) is 4.40 Å². The van der Waals surface area contributed by atoms with E-state index in [4.69, 9.17) is 6.58 Å². The van der Waals surface area contributed by atoms with Crippen LogP contribution in [0.2, 0.25) is 0 Å². The summed E-state index contributed by atoms with van der Waals surface area (Å²) in [6.45, 7) is 4.73. The van der Waals surface area contributed by atoms with E-state index >= 15 is 0 Å². The topological polar surface area (TPSA) is 7.65 Å². The number of fused-ring (bicyclic) bond motifs is 9. The molecule has 10 aromatic rings. The van der Waals surface area contributed by atoms with Gasteiger partial charge in [0, 0.05) is 32.8 Å². The smallest absolute Gasteiger partial charge is 0.0641 e. The SMILES string of the molecule is C=C1c2ccccc2-c2cccc(N(c3cc(-c4ccccc4)cc(-c4ccccc4)c3)c3ccc4c5ccccc5n5c6ccccc6c3c45)c21.